The van der Waals surface area contributed by atoms with Gasteiger partial charge in [-0.1, -0.05) is 17.7 Å². The summed E-state index contributed by atoms with van der Waals surface area (Å²) in [5.74, 6) is -0.0172. The Hall–Kier alpha value is -1.31. The first-order chi connectivity index (χ1) is 11.2. The Morgan fingerprint density at radius 2 is 1.88 bits per heavy atom. The smallest absolute Gasteiger partial charge is 0.232 e. The molecule has 1 fully saturated rings. The third-order valence-electron chi connectivity index (χ3n) is 4.29. The van der Waals surface area contributed by atoms with Gasteiger partial charge in [-0.25, -0.2) is 8.42 Å². The number of halogens is 1. The van der Waals surface area contributed by atoms with Crippen LogP contribution in [0.5, 0.6) is 0 Å². The number of carbonyl (C=O) groups is 1. The highest BCUT2D eigenvalue weighted by Gasteiger charge is 2.24. The molecule has 1 aromatic carbocycles. The molecule has 0 aliphatic carbocycles. The molecule has 8 heteroatoms. The average molecular weight is 374 g/mol. The second-order valence-corrected chi connectivity index (χ2v) is 8.47. The summed E-state index contributed by atoms with van der Waals surface area (Å²) >= 11 is 6.10. The summed E-state index contributed by atoms with van der Waals surface area (Å²) in [6.45, 7) is 4.95. The van der Waals surface area contributed by atoms with Crippen molar-refractivity contribution >= 4 is 33.2 Å². The number of carbonyl (C=O) groups excluding carboxylic acids is 1. The van der Waals surface area contributed by atoms with E-state index in [0.29, 0.717) is 29.4 Å². The molecule has 0 saturated carbocycles. The summed E-state index contributed by atoms with van der Waals surface area (Å²) in [7, 11) is -1.47. The standard InChI is InChI=1S/C16H24ClN3O3S/c1-13-14(17)5-4-6-15(13)20(24(3,22)23)8-7-16(21)19-11-9-18(2)10-12-19/h4-6H,7-12H2,1-3H3. The Balaban J connectivity index is 2.11. The summed E-state index contributed by atoms with van der Waals surface area (Å²) in [4.78, 5) is 16.3. The Labute approximate surface area is 149 Å². The zero-order chi connectivity index (χ0) is 17.9. The summed E-state index contributed by atoms with van der Waals surface area (Å²) in [5, 5.41) is 0.506. The molecule has 1 aromatic rings. The van der Waals surface area contributed by atoms with Crippen LogP contribution in [-0.2, 0) is 14.8 Å². The van der Waals surface area contributed by atoms with Gasteiger partial charge in [-0.05, 0) is 31.7 Å². The maximum absolute atomic E-state index is 12.4. The topological polar surface area (TPSA) is 60.9 Å². The first-order valence-corrected chi connectivity index (χ1v) is 10.1. The van der Waals surface area contributed by atoms with Crippen molar-refractivity contribution in [3.05, 3.63) is 28.8 Å². The minimum absolute atomic E-state index is 0.0172. The number of rotatable bonds is 5. The quantitative estimate of drug-likeness (QED) is 0.786. The van der Waals surface area contributed by atoms with E-state index >= 15 is 0 Å². The summed E-state index contributed by atoms with van der Waals surface area (Å²) in [5.41, 5.74) is 1.22. The van der Waals surface area contributed by atoms with Gasteiger partial charge in [0.1, 0.15) is 0 Å². The number of anilines is 1. The van der Waals surface area contributed by atoms with E-state index in [1.165, 1.54) is 4.31 Å². The number of sulfonamides is 1. The number of likely N-dealkylation sites (N-methyl/N-ethyl adjacent to an activating group) is 1. The van der Waals surface area contributed by atoms with Crippen molar-refractivity contribution in [2.75, 3.05) is 50.3 Å². The van der Waals surface area contributed by atoms with E-state index in [-0.39, 0.29) is 18.9 Å². The lowest BCUT2D eigenvalue weighted by Crippen LogP contribution is -2.48. The fraction of sp³-hybridized carbons (Fsp3) is 0.562. The minimum atomic E-state index is -3.50. The largest absolute Gasteiger partial charge is 0.340 e. The molecule has 1 saturated heterocycles. The number of nitrogens with zero attached hydrogens (tertiary/aromatic N) is 3. The lowest BCUT2D eigenvalue weighted by atomic mass is 10.2. The maximum Gasteiger partial charge on any atom is 0.232 e. The lowest BCUT2D eigenvalue weighted by Gasteiger charge is -2.33. The van der Waals surface area contributed by atoms with E-state index in [1.54, 1.807) is 30.0 Å². The molecular formula is C16H24ClN3O3S. The highest BCUT2D eigenvalue weighted by atomic mass is 35.5. The molecule has 0 bridgehead atoms. The first-order valence-electron chi connectivity index (χ1n) is 7.89. The Morgan fingerprint density at radius 1 is 1.25 bits per heavy atom. The third kappa shape index (κ3) is 4.62. The highest BCUT2D eigenvalue weighted by molar-refractivity contribution is 7.92. The van der Waals surface area contributed by atoms with Gasteiger partial charge in [0, 0.05) is 44.2 Å². The molecule has 1 aliphatic heterocycles. The molecule has 1 heterocycles. The Kier molecular flexibility index (Phi) is 6.11. The van der Waals surface area contributed by atoms with Gasteiger partial charge in [-0.3, -0.25) is 9.10 Å². The number of piperazine rings is 1. The van der Waals surface area contributed by atoms with Crippen molar-refractivity contribution in [2.45, 2.75) is 13.3 Å². The van der Waals surface area contributed by atoms with Crippen LogP contribution in [0.4, 0.5) is 5.69 Å². The van der Waals surface area contributed by atoms with Crippen LogP contribution in [0.3, 0.4) is 0 Å². The molecule has 24 heavy (non-hydrogen) atoms. The molecule has 6 nitrogen and oxygen atoms in total. The monoisotopic (exact) mass is 373 g/mol. The van der Waals surface area contributed by atoms with Crippen molar-refractivity contribution in [2.24, 2.45) is 0 Å². The molecule has 0 unspecified atom stereocenters. The van der Waals surface area contributed by atoms with E-state index in [0.717, 1.165) is 19.3 Å². The second-order valence-electron chi connectivity index (χ2n) is 6.15. The van der Waals surface area contributed by atoms with Gasteiger partial charge in [-0.2, -0.15) is 0 Å². The average Bonchev–Trinajstić information content (AvgIpc) is 2.50. The molecular weight excluding hydrogens is 350 g/mol. The van der Waals surface area contributed by atoms with Crippen molar-refractivity contribution in [1.29, 1.82) is 0 Å². The van der Waals surface area contributed by atoms with Crippen molar-refractivity contribution in [3.8, 4) is 0 Å². The zero-order valence-corrected chi connectivity index (χ0v) is 15.9. The van der Waals surface area contributed by atoms with Gasteiger partial charge in [0.25, 0.3) is 0 Å². The minimum Gasteiger partial charge on any atom is -0.340 e. The van der Waals surface area contributed by atoms with Crippen molar-refractivity contribution in [3.63, 3.8) is 0 Å². The molecule has 134 valence electrons. The fourth-order valence-corrected chi connectivity index (χ4v) is 3.89. The van der Waals surface area contributed by atoms with E-state index in [9.17, 15) is 13.2 Å². The van der Waals surface area contributed by atoms with E-state index in [2.05, 4.69) is 4.90 Å². The molecule has 0 radical (unpaired) electrons. The molecule has 1 aliphatic rings. The summed E-state index contributed by atoms with van der Waals surface area (Å²) in [6, 6.07) is 5.14. The molecule has 0 spiro atoms. The number of amides is 1. The predicted molar refractivity (Wildman–Crippen MR) is 97.1 cm³/mol. The number of hydrogen-bond donors (Lipinski definition) is 0. The molecule has 0 aromatic heterocycles. The summed E-state index contributed by atoms with van der Waals surface area (Å²) < 4.78 is 25.6. The molecule has 2 rings (SSSR count). The summed E-state index contributed by atoms with van der Waals surface area (Å²) in [6.07, 6.45) is 1.30. The second kappa shape index (κ2) is 7.72. The van der Waals surface area contributed by atoms with Gasteiger partial charge in [0.15, 0.2) is 0 Å². The van der Waals surface area contributed by atoms with Crippen LogP contribution in [0.1, 0.15) is 12.0 Å². The molecule has 1 amide bonds. The van der Waals surface area contributed by atoms with Crippen LogP contribution in [0.2, 0.25) is 5.02 Å². The lowest BCUT2D eigenvalue weighted by molar-refractivity contribution is -0.132. The number of benzene rings is 1. The molecule has 0 N–H and O–H groups in total. The zero-order valence-electron chi connectivity index (χ0n) is 14.3. The van der Waals surface area contributed by atoms with Gasteiger partial charge >= 0.3 is 0 Å². The number of hydrogen-bond acceptors (Lipinski definition) is 4. The van der Waals surface area contributed by atoms with Crippen molar-refractivity contribution in [1.82, 2.24) is 9.80 Å². The highest BCUT2D eigenvalue weighted by Crippen LogP contribution is 2.28. The van der Waals surface area contributed by atoms with Crippen molar-refractivity contribution < 1.29 is 13.2 Å². The Morgan fingerprint density at radius 3 is 2.46 bits per heavy atom. The van der Waals surface area contributed by atoms with E-state index < -0.39 is 10.0 Å². The van der Waals surface area contributed by atoms with Gasteiger partial charge in [0.2, 0.25) is 15.9 Å². The van der Waals surface area contributed by atoms with Crippen LogP contribution in [0.25, 0.3) is 0 Å². The van der Waals surface area contributed by atoms with Gasteiger partial charge < -0.3 is 9.80 Å². The Bertz CT molecular complexity index is 701. The van der Waals surface area contributed by atoms with Gasteiger partial charge in [0.05, 0.1) is 11.9 Å². The first kappa shape index (κ1) is 19.0. The molecule has 0 atom stereocenters. The van der Waals surface area contributed by atoms with Crippen LogP contribution < -0.4 is 4.31 Å². The SMILES string of the molecule is Cc1c(Cl)cccc1N(CCC(=O)N1CCN(C)CC1)S(C)(=O)=O. The van der Waals surface area contributed by atoms with Crippen LogP contribution in [0.15, 0.2) is 18.2 Å². The van der Waals surface area contributed by atoms with E-state index in [1.807, 2.05) is 7.05 Å². The van der Waals surface area contributed by atoms with E-state index in [4.69, 9.17) is 11.6 Å². The van der Waals surface area contributed by atoms with Crippen LogP contribution in [0, 0.1) is 6.92 Å². The normalized spacial score (nSPS) is 16.2. The fourth-order valence-electron chi connectivity index (χ4n) is 2.74. The van der Waals surface area contributed by atoms with Crippen LogP contribution in [-0.4, -0.2) is 70.2 Å². The van der Waals surface area contributed by atoms with Crippen LogP contribution >= 0.6 is 11.6 Å². The van der Waals surface area contributed by atoms with Gasteiger partial charge in [-0.15, -0.1) is 0 Å². The third-order valence-corrected chi connectivity index (χ3v) is 5.88. The predicted octanol–water partition coefficient (Wildman–Crippen LogP) is 1.58. The maximum atomic E-state index is 12.4.